The van der Waals surface area contributed by atoms with Gasteiger partial charge in [0.1, 0.15) is 18.2 Å². The lowest BCUT2D eigenvalue weighted by Gasteiger charge is -2.06. The van der Waals surface area contributed by atoms with Crippen molar-refractivity contribution in [1.82, 2.24) is 4.98 Å². The maximum absolute atomic E-state index is 12.0. The molecule has 27 heavy (non-hydrogen) atoms. The summed E-state index contributed by atoms with van der Waals surface area (Å²) >= 11 is 3.39. The first kappa shape index (κ1) is 18.9. The van der Waals surface area contributed by atoms with Crippen LogP contribution in [0.3, 0.4) is 0 Å². The predicted octanol–water partition coefficient (Wildman–Crippen LogP) is 5.38. The van der Waals surface area contributed by atoms with Crippen LogP contribution in [0.15, 0.2) is 77.4 Å². The van der Waals surface area contributed by atoms with Crippen LogP contribution in [0.1, 0.15) is 16.7 Å². The molecule has 3 rings (SSSR count). The summed E-state index contributed by atoms with van der Waals surface area (Å²) in [4.78, 5) is 16.2. The molecule has 0 aliphatic carbocycles. The Kier molecular flexibility index (Phi) is 6.39. The van der Waals surface area contributed by atoms with Crippen molar-refractivity contribution in [3.05, 3.63) is 94.1 Å². The van der Waals surface area contributed by atoms with E-state index in [0.717, 1.165) is 26.9 Å². The predicted molar refractivity (Wildman–Crippen MR) is 112 cm³/mol. The Morgan fingerprint density at radius 3 is 2.59 bits per heavy atom. The molecule has 0 saturated heterocycles. The van der Waals surface area contributed by atoms with E-state index in [-0.39, 0.29) is 5.91 Å². The van der Waals surface area contributed by atoms with Gasteiger partial charge in [0.25, 0.3) is 0 Å². The fourth-order valence-electron chi connectivity index (χ4n) is 2.36. The van der Waals surface area contributed by atoms with Crippen molar-refractivity contribution >= 4 is 33.7 Å². The quantitative estimate of drug-likeness (QED) is 0.542. The molecule has 3 aromatic rings. The summed E-state index contributed by atoms with van der Waals surface area (Å²) in [5, 5.41) is 2.75. The highest BCUT2D eigenvalue weighted by atomic mass is 79.9. The fourth-order valence-corrected chi connectivity index (χ4v) is 2.58. The summed E-state index contributed by atoms with van der Waals surface area (Å²) in [6, 6.07) is 19.4. The van der Waals surface area contributed by atoms with Gasteiger partial charge in [0.05, 0.1) is 0 Å². The van der Waals surface area contributed by atoms with E-state index in [1.807, 2.05) is 67.6 Å². The zero-order chi connectivity index (χ0) is 19.1. The van der Waals surface area contributed by atoms with Crippen molar-refractivity contribution in [3.63, 3.8) is 0 Å². The molecule has 1 N–H and O–H groups in total. The molecule has 0 bridgehead atoms. The number of carbonyl (C=O) groups is 1. The average Bonchev–Trinajstić information content (AvgIpc) is 2.69. The first-order chi connectivity index (χ1) is 13.1. The Morgan fingerprint density at radius 1 is 1.15 bits per heavy atom. The number of rotatable bonds is 6. The van der Waals surface area contributed by atoms with E-state index in [0.29, 0.717) is 12.4 Å². The smallest absolute Gasteiger partial charge is 0.249 e. The van der Waals surface area contributed by atoms with E-state index in [1.165, 1.54) is 6.08 Å². The summed E-state index contributed by atoms with van der Waals surface area (Å²) in [5.74, 6) is 1.08. The molecule has 0 radical (unpaired) electrons. The van der Waals surface area contributed by atoms with E-state index in [2.05, 4.69) is 26.2 Å². The normalized spacial score (nSPS) is 10.7. The molecule has 4 nitrogen and oxygen atoms in total. The maximum atomic E-state index is 12.0. The lowest BCUT2D eigenvalue weighted by Crippen LogP contribution is -2.09. The fraction of sp³-hybridized carbons (Fsp3) is 0.0909. The Labute approximate surface area is 167 Å². The van der Waals surface area contributed by atoms with Crippen molar-refractivity contribution in [2.75, 3.05) is 5.32 Å². The number of nitrogens with one attached hydrogen (secondary N) is 1. The number of hydrogen-bond acceptors (Lipinski definition) is 3. The molecule has 5 heteroatoms. The lowest BCUT2D eigenvalue weighted by molar-refractivity contribution is -0.111. The number of pyridine rings is 1. The first-order valence-corrected chi connectivity index (χ1v) is 9.27. The molecule has 0 aliphatic rings. The number of anilines is 1. The second-order valence-electron chi connectivity index (χ2n) is 5.98. The highest BCUT2D eigenvalue weighted by Crippen LogP contribution is 2.18. The van der Waals surface area contributed by atoms with Crippen LogP contribution < -0.4 is 10.1 Å². The number of aromatic nitrogens is 1. The summed E-state index contributed by atoms with van der Waals surface area (Å²) in [5.41, 5.74) is 3.04. The monoisotopic (exact) mass is 422 g/mol. The highest BCUT2D eigenvalue weighted by molar-refractivity contribution is 9.10. The molecule has 1 aromatic heterocycles. The Balaban J connectivity index is 1.53. The van der Waals surface area contributed by atoms with Crippen molar-refractivity contribution in [1.29, 1.82) is 0 Å². The Hall–Kier alpha value is -2.92. The van der Waals surface area contributed by atoms with Crippen LogP contribution >= 0.6 is 15.9 Å². The molecule has 136 valence electrons. The van der Waals surface area contributed by atoms with Crippen molar-refractivity contribution in [2.45, 2.75) is 13.5 Å². The minimum absolute atomic E-state index is 0.228. The topological polar surface area (TPSA) is 51.2 Å². The third kappa shape index (κ3) is 5.79. The van der Waals surface area contributed by atoms with Gasteiger partial charge in [0.15, 0.2) is 0 Å². The zero-order valence-electron chi connectivity index (χ0n) is 14.9. The zero-order valence-corrected chi connectivity index (χ0v) is 16.4. The van der Waals surface area contributed by atoms with E-state index in [4.69, 9.17) is 4.74 Å². The number of aryl methyl sites for hydroxylation is 1. The van der Waals surface area contributed by atoms with Crippen LogP contribution in [-0.4, -0.2) is 10.9 Å². The number of hydrogen-bond donors (Lipinski definition) is 1. The van der Waals surface area contributed by atoms with Gasteiger partial charge in [0, 0.05) is 16.7 Å². The van der Waals surface area contributed by atoms with Crippen molar-refractivity contribution in [2.24, 2.45) is 0 Å². The first-order valence-electron chi connectivity index (χ1n) is 8.48. The van der Waals surface area contributed by atoms with Crippen LogP contribution in [0.25, 0.3) is 6.08 Å². The van der Waals surface area contributed by atoms with E-state index < -0.39 is 0 Å². The minimum Gasteiger partial charge on any atom is -0.489 e. The minimum atomic E-state index is -0.228. The van der Waals surface area contributed by atoms with Gasteiger partial charge < -0.3 is 10.1 Å². The van der Waals surface area contributed by atoms with Gasteiger partial charge >= 0.3 is 0 Å². The molecule has 0 spiro atoms. The van der Waals surface area contributed by atoms with Gasteiger partial charge in [0.2, 0.25) is 5.91 Å². The highest BCUT2D eigenvalue weighted by Gasteiger charge is 2.02. The number of nitrogens with zero attached hydrogens (tertiary/aromatic N) is 1. The van der Waals surface area contributed by atoms with Crippen LogP contribution in [0.4, 0.5) is 5.82 Å². The van der Waals surface area contributed by atoms with Crippen LogP contribution in [-0.2, 0) is 11.4 Å². The molecule has 0 saturated carbocycles. The number of benzene rings is 2. The van der Waals surface area contributed by atoms with E-state index in [9.17, 15) is 4.79 Å². The van der Waals surface area contributed by atoms with E-state index in [1.54, 1.807) is 12.3 Å². The summed E-state index contributed by atoms with van der Waals surface area (Å²) in [7, 11) is 0. The molecule has 0 fully saturated rings. The number of ether oxygens (including phenoxy) is 1. The van der Waals surface area contributed by atoms with Gasteiger partial charge in [-0.3, -0.25) is 4.79 Å². The average molecular weight is 423 g/mol. The summed E-state index contributed by atoms with van der Waals surface area (Å²) < 4.78 is 6.66. The SMILES string of the molecule is Cc1cc(NC(=O)/C=C/c2ccc(OCc3ccccc3)cc2)ncc1Br. The van der Waals surface area contributed by atoms with Gasteiger partial charge in [-0.15, -0.1) is 0 Å². The van der Waals surface area contributed by atoms with Crippen LogP contribution in [0.2, 0.25) is 0 Å². The van der Waals surface area contributed by atoms with Gasteiger partial charge in [-0.05, 0) is 63.8 Å². The third-order valence-electron chi connectivity index (χ3n) is 3.85. The van der Waals surface area contributed by atoms with Crippen molar-refractivity contribution < 1.29 is 9.53 Å². The van der Waals surface area contributed by atoms with Gasteiger partial charge in [-0.1, -0.05) is 42.5 Å². The van der Waals surface area contributed by atoms with Gasteiger partial charge in [-0.25, -0.2) is 4.98 Å². The molecule has 1 amide bonds. The largest absolute Gasteiger partial charge is 0.489 e. The second-order valence-corrected chi connectivity index (χ2v) is 6.84. The van der Waals surface area contributed by atoms with Gasteiger partial charge in [-0.2, -0.15) is 0 Å². The second kappa shape index (κ2) is 9.14. The van der Waals surface area contributed by atoms with Crippen molar-refractivity contribution in [3.8, 4) is 5.75 Å². The molecule has 0 aliphatic heterocycles. The summed E-state index contributed by atoms with van der Waals surface area (Å²) in [6.07, 6.45) is 4.91. The lowest BCUT2D eigenvalue weighted by atomic mass is 10.2. The third-order valence-corrected chi connectivity index (χ3v) is 4.68. The molecular formula is C22H19BrN2O2. The van der Waals surface area contributed by atoms with E-state index >= 15 is 0 Å². The number of carbonyl (C=O) groups excluding carboxylic acids is 1. The number of amides is 1. The Morgan fingerprint density at radius 2 is 1.89 bits per heavy atom. The van der Waals surface area contributed by atoms with Crippen LogP contribution in [0, 0.1) is 6.92 Å². The maximum Gasteiger partial charge on any atom is 0.249 e. The molecule has 1 heterocycles. The Bertz CT molecular complexity index is 938. The molecular weight excluding hydrogens is 404 g/mol. The standard InChI is InChI=1S/C22H19BrN2O2/c1-16-13-21(24-14-20(16)23)25-22(26)12-9-17-7-10-19(11-8-17)27-15-18-5-3-2-4-6-18/h2-14H,15H2,1H3,(H,24,25,26)/b12-9+. The van der Waals surface area contributed by atoms with Crippen LogP contribution in [0.5, 0.6) is 5.75 Å². The molecule has 2 aromatic carbocycles. The number of halogens is 1. The molecule has 0 atom stereocenters. The molecule has 0 unspecified atom stereocenters. The summed E-state index contributed by atoms with van der Waals surface area (Å²) in [6.45, 7) is 2.47.